The molecule has 0 fully saturated rings. The largest absolute Gasteiger partial charge is 0.448 e. The summed E-state index contributed by atoms with van der Waals surface area (Å²) in [4.78, 5) is 46.1. The molecule has 2 rings (SSSR count). The summed E-state index contributed by atoms with van der Waals surface area (Å²) < 4.78 is 6.20. The van der Waals surface area contributed by atoms with E-state index in [1.54, 1.807) is 0 Å². The molecule has 2 aromatic rings. The number of non-ortho nitro benzene ring substituents is 1. The fraction of sp³-hybridized carbons (Fsp3) is 0.294. The molecule has 0 aliphatic rings. The smallest absolute Gasteiger partial charge is 0.359 e. The first-order valence-electron chi connectivity index (χ1n) is 8.27. The summed E-state index contributed by atoms with van der Waals surface area (Å²) in [5, 5.41) is 17.0. The number of hydrogen-bond donors (Lipinski definition) is 1. The van der Waals surface area contributed by atoms with Crippen molar-refractivity contribution in [1.82, 2.24) is 9.78 Å². The topological polar surface area (TPSA) is 133 Å². The fourth-order valence-corrected chi connectivity index (χ4v) is 2.38. The fourth-order valence-electron chi connectivity index (χ4n) is 2.16. The van der Waals surface area contributed by atoms with E-state index in [1.807, 2.05) is 6.92 Å². The van der Waals surface area contributed by atoms with Crippen LogP contribution in [-0.4, -0.2) is 32.7 Å². The molecule has 1 unspecified atom stereocenters. The Labute approximate surface area is 164 Å². The lowest BCUT2D eigenvalue weighted by atomic mass is 10.2. The van der Waals surface area contributed by atoms with Gasteiger partial charge in [-0.2, -0.15) is 5.10 Å². The number of aromatic nitrogens is 2. The van der Waals surface area contributed by atoms with E-state index in [1.165, 1.54) is 31.2 Å². The molecule has 0 spiro atoms. The molecule has 0 bridgehead atoms. The number of nitro groups is 1. The Morgan fingerprint density at radius 3 is 2.68 bits per heavy atom. The van der Waals surface area contributed by atoms with Crippen LogP contribution in [0.3, 0.4) is 0 Å². The molecule has 0 aliphatic heterocycles. The van der Waals surface area contributed by atoms with Crippen LogP contribution >= 0.6 is 11.6 Å². The minimum atomic E-state index is -1.20. The zero-order valence-corrected chi connectivity index (χ0v) is 15.8. The zero-order valence-electron chi connectivity index (χ0n) is 15.0. The molecule has 148 valence electrons. The molecule has 1 amide bonds. The molecule has 1 N–H and O–H groups in total. The number of hydrogen-bond acceptors (Lipinski definition) is 7. The molecule has 0 saturated heterocycles. The van der Waals surface area contributed by atoms with Gasteiger partial charge in [0.1, 0.15) is 0 Å². The molecule has 1 aromatic carbocycles. The maximum atomic E-state index is 12.2. The number of esters is 1. The number of carbonyl (C=O) groups is 2. The Morgan fingerprint density at radius 1 is 1.36 bits per heavy atom. The van der Waals surface area contributed by atoms with Crippen LogP contribution in [-0.2, 0) is 16.1 Å². The predicted octanol–water partition coefficient (Wildman–Crippen LogP) is 2.40. The first-order chi connectivity index (χ1) is 13.2. The highest BCUT2D eigenvalue weighted by atomic mass is 35.5. The van der Waals surface area contributed by atoms with Crippen molar-refractivity contribution >= 4 is 34.9 Å². The van der Waals surface area contributed by atoms with Gasteiger partial charge in [-0.3, -0.25) is 19.7 Å². The second-order valence-corrected chi connectivity index (χ2v) is 6.15. The Balaban J connectivity index is 2.06. The van der Waals surface area contributed by atoms with E-state index in [9.17, 15) is 24.5 Å². The van der Waals surface area contributed by atoms with Crippen LogP contribution in [0, 0.1) is 10.1 Å². The lowest BCUT2D eigenvalue weighted by molar-refractivity contribution is -0.384. The lowest BCUT2D eigenvalue weighted by Gasteiger charge is -2.14. The molecule has 10 nitrogen and oxygen atoms in total. The van der Waals surface area contributed by atoms with Crippen molar-refractivity contribution in [2.75, 3.05) is 5.32 Å². The number of rotatable bonds is 7. The molecule has 0 aliphatic carbocycles. The molecule has 1 aromatic heterocycles. The van der Waals surface area contributed by atoms with Gasteiger partial charge in [-0.1, -0.05) is 18.5 Å². The number of nitrogens with one attached hydrogen (secondary N) is 1. The minimum absolute atomic E-state index is 0.0330. The first kappa shape index (κ1) is 21.0. The maximum absolute atomic E-state index is 12.2. The molecular formula is C17H17ClN4O6. The summed E-state index contributed by atoms with van der Waals surface area (Å²) in [6.07, 6.45) is -0.549. The zero-order chi connectivity index (χ0) is 20.8. The van der Waals surface area contributed by atoms with E-state index >= 15 is 0 Å². The number of nitro benzene ring substituents is 1. The number of aryl methyl sites for hydroxylation is 1. The Bertz CT molecular complexity index is 974. The highest BCUT2D eigenvalue weighted by molar-refractivity contribution is 6.34. The van der Waals surface area contributed by atoms with Crippen molar-refractivity contribution in [3.05, 3.63) is 61.5 Å². The van der Waals surface area contributed by atoms with Crippen LogP contribution in [0.15, 0.2) is 35.1 Å². The van der Waals surface area contributed by atoms with E-state index in [0.717, 1.165) is 10.7 Å². The van der Waals surface area contributed by atoms with Crippen molar-refractivity contribution in [2.24, 2.45) is 0 Å². The summed E-state index contributed by atoms with van der Waals surface area (Å²) in [5.41, 5.74) is -0.552. The number of ether oxygens (including phenoxy) is 1. The molecule has 11 heteroatoms. The Kier molecular flexibility index (Phi) is 6.83. The summed E-state index contributed by atoms with van der Waals surface area (Å²) >= 11 is 5.92. The lowest BCUT2D eigenvalue weighted by Crippen LogP contribution is -2.31. The summed E-state index contributed by atoms with van der Waals surface area (Å²) in [6.45, 7) is 3.54. The monoisotopic (exact) mass is 408 g/mol. The Morgan fingerprint density at radius 2 is 2.07 bits per heavy atom. The quantitative estimate of drug-likeness (QED) is 0.422. The molecule has 0 radical (unpaired) electrons. The van der Waals surface area contributed by atoms with Gasteiger partial charge >= 0.3 is 5.97 Å². The third-order valence-electron chi connectivity index (χ3n) is 3.59. The van der Waals surface area contributed by atoms with Gasteiger partial charge in [0.15, 0.2) is 11.8 Å². The molecule has 1 heterocycles. The first-order valence-corrected chi connectivity index (χ1v) is 8.64. The van der Waals surface area contributed by atoms with Gasteiger partial charge in [-0.05, 0) is 25.5 Å². The third-order valence-corrected chi connectivity index (χ3v) is 3.90. The van der Waals surface area contributed by atoms with Crippen molar-refractivity contribution in [2.45, 2.75) is 32.9 Å². The Hall–Kier alpha value is -3.27. The summed E-state index contributed by atoms with van der Waals surface area (Å²) in [6, 6.07) is 5.96. The summed E-state index contributed by atoms with van der Waals surface area (Å²) in [7, 11) is 0. The molecule has 1 atom stereocenters. The van der Waals surface area contributed by atoms with Gasteiger partial charge in [0.2, 0.25) is 0 Å². The number of halogens is 1. The standard InChI is InChI=1S/C17H17ClN4O6/c1-3-8-21-15(23)7-6-14(20-21)17(25)28-10(2)16(24)19-13-5-4-11(22(26)27)9-12(13)18/h4-7,9-10H,3,8H2,1-2H3,(H,19,24). The number of amides is 1. The van der Waals surface area contributed by atoms with Gasteiger partial charge in [-0.25, -0.2) is 9.48 Å². The van der Waals surface area contributed by atoms with Crippen molar-refractivity contribution in [3.8, 4) is 0 Å². The van der Waals surface area contributed by atoms with E-state index in [0.29, 0.717) is 13.0 Å². The van der Waals surface area contributed by atoms with Crippen LogP contribution < -0.4 is 10.9 Å². The normalized spacial score (nSPS) is 11.5. The minimum Gasteiger partial charge on any atom is -0.448 e. The number of benzene rings is 1. The van der Waals surface area contributed by atoms with Crippen LogP contribution in [0.1, 0.15) is 30.8 Å². The van der Waals surface area contributed by atoms with E-state index in [4.69, 9.17) is 16.3 Å². The number of anilines is 1. The van der Waals surface area contributed by atoms with E-state index in [2.05, 4.69) is 10.4 Å². The van der Waals surface area contributed by atoms with Crippen molar-refractivity contribution in [1.29, 1.82) is 0 Å². The van der Waals surface area contributed by atoms with Crippen LogP contribution in [0.2, 0.25) is 5.02 Å². The molecular weight excluding hydrogens is 392 g/mol. The van der Waals surface area contributed by atoms with Gasteiger partial charge in [0.05, 0.1) is 15.6 Å². The van der Waals surface area contributed by atoms with Gasteiger partial charge < -0.3 is 10.1 Å². The van der Waals surface area contributed by atoms with E-state index in [-0.39, 0.29) is 27.7 Å². The molecule has 28 heavy (non-hydrogen) atoms. The number of nitrogens with zero attached hydrogens (tertiary/aromatic N) is 3. The average molecular weight is 409 g/mol. The highest BCUT2D eigenvalue weighted by Crippen LogP contribution is 2.26. The van der Waals surface area contributed by atoms with Crippen molar-refractivity contribution in [3.63, 3.8) is 0 Å². The second kappa shape index (κ2) is 9.09. The summed E-state index contributed by atoms with van der Waals surface area (Å²) in [5.74, 6) is -1.56. The van der Waals surface area contributed by atoms with Crippen LogP contribution in [0.4, 0.5) is 11.4 Å². The SMILES string of the molecule is CCCn1nc(C(=O)OC(C)C(=O)Nc2ccc([N+](=O)[O-])cc2Cl)ccc1=O. The van der Waals surface area contributed by atoms with Gasteiger partial charge in [0.25, 0.3) is 17.2 Å². The van der Waals surface area contributed by atoms with Crippen LogP contribution in [0.5, 0.6) is 0 Å². The third kappa shape index (κ3) is 5.13. The second-order valence-electron chi connectivity index (χ2n) is 5.74. The number of carbonyl (C=O) groups excluding carboxylic acids is 2. The average Bonchev–Trinajstić information content (AvgIpc) is 2.64. The van der Waals surface area contributed by atoms with Crippen LogP contribution in [0.25, 0.3) is 0 Å². The predicted molar refractivity (Wildman–Crippen MR) is 100 cm³/mol. The van der Waals surface area contributed by atoms with Crippen molar-refractivity contribution < 1.29 is 19.2 Å². The van der Waals surface area contributed by atoms with Gasteiger partial charge in [0, 0.05) is 24.7 Å². The maximum Gasteiger partial charge on any atom is 0.359 e. The highest BCUT2D eigenvalue weighted by Gasteiger charge is 2.21. The van der Waals surface area contributed by atoms with E-state index < -0.39 is 22.9 Å². The van der Waals surface area contributed by atoms with Gasteiger partial charge in [-0.15, -0.1) is 0 Å². The molecule has 0 saturated carbocycles.